The van der Waals surface area contributed by atoms with Crippen molar-refractivity contribution in [1.29, 1.82) is 0 Å². The molecule has 2 rings (SSSR count). The third kappa shape index (κ3) is 3.18. The van der Waals surface area contributed by atoms with Gasteiger partial charge in [0.25, 0.3) is 0 Å². The largest absolute Gasteiger partial charge is 0.496 e. The summed E-state index contributed by atoms with van der Waals surface area (Å²) in [4.78, 5) is 11.6. The fourth-order valence-electron chi connectivity index (χ4n) is 2.76. The minimum absolute atomic E-state index is 0.0797. The highest BCUT2D eigenvalue weighted by Gasteiger charge is 2.29. The maximum atomic E-state index is 11.7. The fraction of sp³-hybridized carbons (Fsp3) is 0.533. The number of piperidine rings is 1. The minimum atomic E-state index is -0.0797. The number of carbonyl (C=O) groups is 1. The molecule has 1 N–H and O–H groups in total. The average Bonchev–Trinajstić information content (AvgIpc) is 2.35. The van der Waals surface area contributed by atoms with Gasteiger partial charge in [-0.25, -0.2) is 0 Å². The number of halogens is 1. The number of alkyl halides is 1. The third-order valence-electron chi connectivity index (χ3n) is 3.62. The van der Waals surface area contributed by atoms with Crippen molar-refractivity contribution in [2.24, 2.45) is 0 Å². The Bertz CT molecular complexity index is 464. The smallest absolute Gasteiger partial charge is 0.149 e. The van der Waals surface area contributed by atoms with Crippen LogP contribution in [-0.4, -0.2) is 30.3 Å². The van der Waals surface area contributed by atoms with E-state index in [0.717, 1.165) is 29.8 Å². The lowest BCUT2D eigenvalue weighted by Gasteiger charge is -2.28. The lowest BCUT2D eigenvalue weighted by atomic mass is 9.94. The predicted octanol–water partition coefficient (Wildman–Crippen LogP) is 2.55. The number of nitrogens with one attached hydrogen (secondary N) is 1. The zero-order valence-corrected chi connectivity index (χ0v) is 13.2. The monoisotopic (exact) mass is 325 g/mol. The molecule has 0 radical (unpaired) electrons. The van der Waals surface area contributed by atoms with Crippen LogP contribution >= 0.6 is 15.9 Å². The minimum Gasteiger partial charge on any atom is -0.496 e. The number of methoxy groups -OCH3 is 1. The first kappa shape index (κ1) is 14.5. The van der Waals surface area contributed by atoms with E-state index in [0.29, 0.717) is 12.2 Å². The summed E-state index contributed by atoms with van der Waals surface area (Å²) in [6.45, 7) is 4.89. The second-order valence-corrected chi connectivity index (χ2v) is 6.13. The third-order valence-corrected chi connectivity index (χ3v) is 4.77. The molecule has 1 saturated heterocycles. The van der Waals surface area contributed by atoms with Crippen LogP contribution in [0.25, 0.3) is 0 Å². The summed E-state index contributed by atoms with van der Waals surface area (Å²) in [6, 6.07) is 4.46. The highest BCUT2D eigenvalue weighted by atomic mass is 79.9. The molecule has 2 atom stereocenters. The number of hydrogen-bond donors (Lipinski definition) is 1. The molecule has 4 heteroatoms. The van der Waals surface area contributed by atoms with Crippen LogP contribution in [0.4, 0.5) is 0 Å². The molecule has 0 saturated carbocycles. The Morgan fingerprint density at radius 1 is 1.37 bits per heavy atom. The van der Waals surface area contributed by atoms with E-state index in [1.165, 1.54) is 5.56 Å². The molecular formula is C15H20BrNO2. The van der Waals surface area contributed by atoms with Crippen LogP contribution in [-0.2, 0) is 11.2 Å². The topological polar surface area (TPSA) is 38.3 Å². The molecule has 1 aliphatic rings. The summed E-state index contributed by atoms with van der Waals surface area (Å²) < 4.78 is 5.38. The van der Waals surface area contributed by atoms with Crippen molar-refractivity contribution < 1.29 is 9.53 Å². The van der Waals surface area contributed by atoms with Gasteiger partial charge in [-0.3, -0.25) is 4.79 Å². The molecule has 0 bridgehead atoms. The second kappa shape index (κ2) is 6.06. The van der Waals surface area contributed by atoms with Crippen molar-refractivity contribution in [3.05, 3.63) is 28.8 Å². The van der Waals surface area contributed by atoms with Gasteiger partial charge in [-0.1, -0.05) is 28.1 Å². The number of ether oxygens (including phenoxy) is 1. The highest BCUT2D eigenvalue weighted by molar-refractivity contribution is 9.10. The van der Waals surface area contributed by atoms with E-state index in [1.807, 2.05) is 0 Å². The van der Waals surface area contributed by atoms with Gasteiger partial charge in [0.15, 0.2) is 0 Å². The summed E-state index contributed by atoms with van der Waals surface area (Å²) in [5, 5.41) is 3.42. The predicted molar refractivity (Wildman–Crippen MR) is 80.3 cm³/mol. The Kier molecular flexibility index (Phi) is 4.63. The van der Waals surface area contributed by atoms with E-state index in [-0.39, 0.29) is 10.9 Å². The molecule has 1 aliphatic heterocycles. The first-order valence-corrected chi connectivity index (χ1v) is 7.48. The molecule has 1 heterocycles. The number of Topliss-reactive ketones (excluding diaryl/α,β-unsaturated/α-hetero) is 1. The quantitative estimate of drug-likeness (QED) is 0.868. The average molecular weight is 326 g/mol. The van der Waals surface area contributed by atoms with Gasteiger partial charge in [0.1, 0.15) is 11.5 Å². The van der Waals surface area contributed by atoms with Crippen LogP contribution < -0.4 is 10.1 Å². The Labute approximate surface area is 122 Å². The maximum Gasteiger partial charge on any atom is 0.149 e. The first-order chi connectivity index (χ1) is 9.02. The van der Waals surface area contributed by atoms with E-state index in [9.17, 15) is 4.79 Å². The summed E-state index contributed by atoms with van der Waals surface area (Å²) in [5.74, 6) is 1.25. The van der Waals surface area contributed by atoms with E-state index in [4.69, 9.17) is 4.74 Å². The van der Waals surface area contributed by atoms with Crippen molar-refractivity contribution in [1.82, 2.24) is 5.32 Å². The number of hydrogen-bond acceptors (Lipinski definition) is 3. The van der Waals surface area contributed by atoms with Gasteiger partial charge in [0.2, 0.25) is 0 Å². The fourth-order valence-corrected chi connectivity index (χ4v) is 3.36. The molecule has 1 fully saturated rings. The van der Waals surface area contributed by atoms with Crippen molar-refractivity contribution >= 4 is 21.7 Å². The summed E-state index contributed by atoms with van der Waals surface area (Å²) in [7, 11) is 1.70. The van der Waals surface area contributed by atoms with Gasteiger partial charge in [-0.05, 0) is 37.0 Å². The maximum absolute atomic E-state index is 11.7. The standard InChI is InChI=1S/C15H20BrNO2/c1-9-6-11(7-10(2)15(9)19-3)8-12-14(16)13(18)4-5-17-12/h6-7,12,14,17H,4-5,8H2,1-3H3. The van der Waals surface area contributed by atoms with E-state index >= 15 is 0 Å². The first-order valence-electron chi connectivity index (χ1n) is 6.57. The zero-order chi connectivity index (χ0) is 14.0. The zero-order valence-electron chi connectivity index (χ0n) is 11.6. The van der Waals surface area contributed by atoms with Crippen molar-refractivity contribution in [3.63, 3.8) is 0 Å². The van der Waals surface area contributed by atoms with Gasteiger partial charge in [0.05, 0.1) is 11.9 Å². The molecule has 19 heavy (non-hydrogen) atoms. The molecule has 0 aliphatic carbocycles. The molecule has 104 valence electrons. The summed E-state index contributed by atoms with van der Waals surface area (Å²) >= 11 is 3.51. The SMILES string of the molecule is COc1c(C)cc(CC2NCCC(=O)C2Br)cc1C. The van der Waals surface area contributed by atoms with E-state index in [2.05, 4.69) is 47.2 Å². The number of rotatable bonds is 3. The Morgan fingerprint density at radius 3 is 2.58 bits per heavy atom. The molecule has 0 aromatic heterocycles. The second-order valence-electron chi connectivity index (χ2n) is 5.15. The van der Waals surface area contributed by atoms with Crippen LogP contribution in [0.3, 0.4) is 0 Å². The molecule has 0 amide bonds. The van der Waals surface area contributed by atoms with Crippen LogP contribution in [0.2, 0.25) is 0 Å². The van der Waals surface area contributed by atoms with Gasteiger partial charge >= 0.3 is 0 Å². The van der Waals surface area contributed by atoms with Gasteiger partial charge in [0, 0.05) is 19.0 Å². The molecule has 2 unspecified atom stereocenters. The molecule has 1 aromatic rings. The molecule has 3 nitrogen and oxygen atoms in total. The number of carbonyl (C=O) groups excluding carboxylic acids is 1. The van der Waals surface area contributed by atoms with E-state index in [1.54, 1.807) is 7.11 Å². The highest BCUT2D eigenvalue weighted by Crippen LogP contribution is 2.26. The summed E-state index contributed by atoms with van der Waals surface area (Å²) in [6.07, 6.45) is 1.47. The Balaban J connectivity index is 2.17. The van der Waals surface area contributed by atoms with Gasteiger partial charge in [-0.15, -0.1) is 0 Å². The Hall–Kier alpha value is -0.870. The van der Waals surface area contributed by atoms with E-state index < -0.39 is 0 Å². The van der Waals surface area contributed by atoms with Gasteiger partial charge < -0.3 is 10.1 Å². The lowest BCUT2D eigenvalue weighted by molar-refractivity contribution is -0.119. The lowest BCUT2D eigenvalue weighted by Crippen LogP contribution is -2.48. The summed E-state index contributed by atoms with van der Waals surface area (Å²) in [5.41, 5.74) is 3.53. The number of ketones is 1. The molecule has 0 spiro atoms. The van der Waals surface area contributed by atoms with Crippen LogP contribution in [0.15, 0.2) is 12.1 Å². The van der Waals surface area contributed by atoms with Crippen LogP contribution in [0, 0.1) is 13.8 Å². The van der Waals surface area contributed by atoms with Crippen molar-refractivity contribution in [2.45, 2.75) is 37.6 Å². The van der Waals surface area contributed by atoms with Crippen LogP contribution in [0.5, 0.6) is 5.75 Å². The number of aryl methyl sites for hydroxylation is 2. The van der Waals surface area contributed by atoms with Crippen molar-refractivity contribution in [2.75, 3.05) is 13.7 Å². The van der Waals surface area contributed by atoms with Crippen molar-refractivity contribution in [3.8, 4) is 5.75 Å². The normalized spacial score (nSPS) is 23.5. The molecular weight excluding hydrogens is 306 g/mol. The van der Waals surface area contributed by atoms with Gasteiger partial charge in [-0.2, -0.15) is 0 Å². The molecule has 1 aromatic carbocycles. The Morgan fingerprint density at radius 2 is 2.00 bits per heavy atom. The van der Waals surface area contributed by atoms with Crippen LogP contribution in [0.1, 0.15) is 23.1 Å². The number of benzene rings is 1.